The average molecular weight is 504 g/mol. The summed E-state index contributed by atoms with van der Waals surface area (Å²) in [6, 6.07) is 8.03. The minimum atomic E-state index is 0. The smallest absolute Gasteiger partial charge is 0.191 e. The number of nitrogens with one attached hydrogen (secondary N) is 2. The highest BCUT2D eigenvalue weighted by Gasteiger charge is 2.04. The molecule has 0 spiro atoms. The lowest BCUT2D eigenvalue weighted by Gasteiger charge is -2.12. The maximum atomic E-state index is 5.57. The molecule has 2 rings (SSSR count). The predicted octanol–water partition coefficient (Wildman–Crippen LogP) is 3.31. The molecule has 150 valence electrons. The van der Waals surface area contributed by atoms with Gasteiger partial charge in [0.2, 0.25) is 0 Å². The molecular weight excluding hydrogens is 475 g/mol. The third-order valence-electron chi connectivity index (χ3n) is 3.87. The second-order valence-corrected chi connectivity index (χ2v) is 7.12. The summed E-state index contributed by atoms with van der Waals surface area (Å²) in [4.78, 5) is 10.1. The van der Waals surface area contributed by atoms with Gasteiger partial charge in [-0.05, 0) is 31.5 Å². The minimum absolute atomic E-state index is 0. The average Bonchev–Trinajstić information content (AvgIpc) is 2.97. The van der Waals surface area contributed by atoms with Crippen molar-refractivity contribution in [3.05, 3.63) is 45.4 Å². The molecule has 1 heterocycles. The Morgan fingerprint density at radius 3 is 2.48 bits per heavy atom. The van der Waals surface area contributed by atoms with Crippen molar-refractivity contribution in [1.82, 2.24) is 15.6 Å². The van der Waals surface area contributed by atoms with Crippen molar-refractivity contribution < 1.29 is 9.47 Å². The van der Waals surface area contributed by atoms with Crippen LogP contribution in [-0.4, -0.2) is 44.9 Å². The molecule has 0 saturated carbocycles. The SMILES string of the molecule is CN=C(NCCc1nc(C)c(C)s1)NCc1ccc(OCCOC)cc1.I. The first-order valence-corrected chi connectivity index (χ1v) is 9.52. The van der Waals surface area contributed by atoms with Gasteiger partial charge in [-0.1, -0.05) is 12.1 Å². The van der Waals surface area contributed by atoms with Gasteiger partial charge in [-0.3, -0.25) is 4.99 Å². The molecule has 0 bridgehead atoms. The van der Waals surface area contributed by atoms with E-state index in [1.165, 1.54) is 10.4 Å². The number of hydrogen-bond acceptors (Lipinski definition) is 5. The van der Waals surface area contributed by atoms with E-state index in [0.717, 1.165) is 35.4 Å². The Bertz CT molecular complexity index is 685. The summed E-state index contributed by atoms with van der Waals surface area (Å²) in [5.74, 6) is 1.64. The van der Waals surface area contributed by atoms with Crippen molar-refractivity contribution in [3.8, 4) is 5.75 Å². The second-order valence-electron chi connectivity index (χ2n) is 5.84. The highest BCUT2D eigenvalue weighted by atomic mass is 127. The van der Waals surface area contributed by atoms with Crippen LogP contribution in [0.2, 0.25) is 0 Å². The number of benzene rings is 1. The zero-order chi connectivity index (χ0) is 18.8. The number of thiazole rings is 1. The van der Waals surface area contributed by atoms with Gasteiger partial charge in [-0.25, -0.2) is 4.98 Å². The van der Waals surface area contributed by atoms with Crippen LogP contribution in [0.15, 0.2) is 29.3 Å². The number of hydrogen-bond donors (Lipinski definition) is 2. The van der Waals surface area contributed by atoms with Gasteiger partial charge < -0.3 is 20.1 Å². The first-order valence-electron chi connectivity index (χ1n) is 8.70. The molecule has 8 heteroatoms. The van der Waals surface area contributed by atoms with E-state index in [4.69, 9.17) is 9.47 Å². The number of nitrogens with zero attached hydrogens (tertiary/aromatic N) is 2. The van der Waals surface area contributed by atoms with E-state index < -0.39 is 0 Å². The van der Waals surface area contributed by atoms with Crippen molar-refractivity contribution in [3.63, 3.8) is 0 Å². The van der Waals surface area contributed by atoms with Crippen LogP contribution in [0.25, 0.3) is 0 Å². The van der Waals surface area contributed by atoms with Crippen LogP contribution in [0.3, 0.4) is 0 Å². The van der Waals surface area contributed by atoms with Crippen molar-refractivity contribution in [2.45, 2.75) is 26.8 Å². The number of aromatic nitrogens is 1. The Morgan fingerprint density at radius 1 is 1.15 bits per heavy atom. The summed E-state index contributed by atoms with van der Waals surface area (Å²) in [6.45, 7) is 6.82. The minimum Gasteiger partial charge on any atom is -0.491 e. The van der Waals surface area contributed by atoms with Gasteiger partial charge in [0.05, 0.1) is 17.3 Å². The topological polar surface area (TPSA) is 67.8 Å². The number of methoxy groups -OCH3 is 1. The van der Waals surface area contributed by atoms with Crippen molar-refractivity contribution in [2.75, 3.05) is 33.9 Å². The molecule has 2 aromatic rings. The molecule has 0 unspecified atom stereocenters. The fourth-order valence-electron chi connectivity index (χ4n) is 2.29. The molecule has 6 nitrogen and oxygen atoms in total. The van der Waals surface area contributed by atoms with Gasteiger partial charge in [0, 0.05) is 38.5 Å². The number of halogens is 1. The van der Waals surface area contributed by atoms with Crippen LogP contribution in [0.5, 0.6) is 5.75 Å². The summed E-state index contributed by atoms with van der Waals surface area (Å²) >= 11 is 1.76. The Kier molecular flexibility index (Phi) is 11.3. The van der Waals surface area contributed by atoms with E-state index in [9.17, 15) is 0 Å². The fourth-order valence-corrected chi connectivity index (χ4v) is 3.22. The van der Waals surface area contributed by atoms with Crippen LogP contribution in [0.4, 0.5) is 0 Å². The first kappa shape index (κ1) is 23.6. The van der Waals surface area contributed by atoms with Gasteiger partial charge in [-0.15, -0.1) is 35.3 Å². The maximum Gasteiger partial charge on any atom is 0.191 e. The molecule has 1 aromatic carbocycles. The molecule has 2 N–H and O–H groups in total. The van der Waals surface area contributed by atoms with Crippen LogP contribution in [0, 0.1) is 13.8 Å². The van der Waals surface area contributed by atoms with Crippen LogP contribution >= 0.6 is 35.3 Å². The van der Waals surface area contributed by atoms with E-state index in [1.807, 2.05) is 24.3 Å². The third kappa shape index (κ3) is 8.44. The lowest BCUT2D eigenvalue weighted by molar-refractivity contribution is 0.146. The maximum absolute atomic E-state index is 5.57. The molecule has 0 aliphatic carbocycles. The van der Waals surface area contributed by atoms with Gasteiger partial charge in [0.1, 0.15) is 12.4 Å². The summed E-state index contributed by atoms with van der Waals surface area (Å²) in [6.07, 6.45) is 0.896. The molecule has 27 heavy (non-hydrogen) atoms. The monoisotopic (exact) mass is 504 g/mol. The second kappa shape index (κ2) is 12.9. The number of ether oxygens (including phenoxy) is 2. The summed E-state index contributed by atoms with van der Waals surface area (Å²) in [7, 11) is 3.44. The number of aryl methyl sites for hydroxylation is 2. The molecule has 0 aliphatic rings. The number of guanidine groups is 1. The Morgan fingerprint density at radius 2 is 1.89 bits per heavy atom. The molecule has 0 atom stereocenters. The summed E-state index contributed by atoms with van der Waals surface area (Å²) in [5.41, 5.74) is 2.29. The van der Waals surface area contributed by atoms with Crippen molar-refractivity contribution in [2.24, 2.45) is 4.99 Å². The highest BCUT2D eigenvalue weighted by molar-refractivity contribution is 14.0. The van der Waals surface area contributed by atoms with Gasteiger partial charge in [-0.2, -0.15) is 0 Å². The molecule has 0 saturated heterocycles. The molecule has 0 fully saturated rings. The van der Waals surface area contributed by atoms with E-state index in [-0.39, 0.29) is 24.0 Å². The Balaban J connectivity index is 0.00000364. The van der Waals surface area contributed by atoms with Crippen molar-refractivity contribution >= 4 is 41.3 Å². The highest BCUT2D eigenvalue weighted by Crippen LogP contribution is 2.16. The van der Waals surface area contributed by atoms with Crippen LogP contribution in [-0.2, 0) is 17.7 Å². The Hall–Kier alpha value is -1.39. The summed E-state index contributed by atoms with van der Waals surface area (Å²) < 4.78 is 10.5. The quantitative estimate of drug-likeness (QED) is 0.238. The zero-order valence-electron chi connectivity index (χ0n) is 16.4. The van der Waals surface area contributed by atoms with E-state index in [2.05, 4.69) is 34.5 Å². The third-order valence-corrected chi connectivity index (χ3v) is 5.00. The zero-order valence-corrected chi connectivity index (χ0v) is 19.5. The predicted molar refractivity (Wildman–Crippen MR) is 123 cm³/mol. The first-order chi connectivity index (χ1) is 12.6. The van der Waals surface area contributed by atoms with E-state index in [1.54, 1.807) is 25.5 Å². The lowest BCUT2D eigenvalue weighted by Crippen LogP contribution is -2.37. The number of rotatable bonds is 9. The molecular formula is C19H29IN4O2S. The van der Waals surface area contributed by atoms with Crippen molar-refractivity contribution in [1.29, 1.82) is 0 Å². The lowest BCUT2D eigenvalue weighted by atomic mass is 10.2. The van der Waals surface area contributed by atoms with Gasteiger partial charge in [0.25, 0.3) is 0 Å². The van der Waals surface area contributed by atoms with Crippen LogP contribution < -0.4 is 15.4 Å². The standard InChI is InChI=1S/C19H28N4O2S.HI/c1-14-15(2)26-18(23-14)9-10-21-19(20-3)22-13-16-5-7-17(8-6-16)25-12-11-24-4;/h5-8H,9-13H2,1-4H3,(H2,20,21,22);1H. The number of aliphatic imine (C=N–C) groups is 1. The van der Waals surface area contributed by atoms with Gasteiger partial charge in [0.15, 0.2) is 5.96 Å². The molecule has 0 amide bonds. The largest absolute Gasteiger partial charge is 0.491 e. The van der Waals surface area contributed by atoms with E-state index >= 15 is 0 Å². The Labute approximate surface area is 182 Å². The summed E-state index contributed by atoms with van der Waals surface area (Å²) in [5, 5.41) is 7.81. The molecule has 0 radical (unpaired) electrons. The van der Waals surface area contributed by atoms with Gasteiger partial charge >= 0.3 is 0 Å². The fraction of sp³-hybridized carbons (Fsp3) is 0.474. The van der Waals surface area contributed by atoms with Crippen LogP contribution in [0.1, 0.15) is 21.1 Å². The molecule has 1 aromatic heterocycles. The normalized spacial score (nSPS) is 11.0. The van der Waals surface area contributed by atoms with E-state index in [0.29, 0.717) is 19.8 Å². The molecule has 0 aliphatic heterocycles.